The van der Waals surface area contributed by atoms with Gasteiger partial charge in [-0.3, -0.25) is 9.59 Å². The average Bonchev–Trinajstić information content (AvgIpc) is 3.37. The highest BCUT2D eigenvalue weighted by Crippen LogP contribution is 2.19. The van der Waals surface area contributed by atoms with E-state index in [-0.39, 0.29) is 24.5 Å². The van der Waals surface area contributed by atoms with Crippen molar-refractivity contribution in [2.24, 2.45) is 0 Å². The van der Waals surface area contributed by atoms with Crippen molar-refractivity contribution in [1.82, 2.24) is 4.90 Å². The molecule has 1 aliphatic rings. The summed E-state index contributed by atoms with van der Waals surface area (Å²) in [5, 5.41) is 4.90. The summed E-state index contributed by atoms with van der Waals surface area (Å²) in [6, 6.07) is 9.69. The zero-order chi connectivity index (χ0) is 19.9. The number of thiophene rings is 1. The number of nitrogens with zero attached hydrogens (tertiary/aromatic N) is 1. The van der Waals surface area contributed by atoms with Gasteiger partial charge in [-0.2, -0.15) is 0 Å². The molecule has 1 aliphatic heterocycles. The monoisotopic (exact) mass is 398 g/mol. The summed E-state index contributed by atoms with van der Waals surface area (Å²) in [7, 11) is 0. The normalized spacial score (nSPS) is 16.4. The number of carbonyl (C=O) groups is 2. The van der Waals surface area contributed by atoms with E-state index in [2.05, 4.69) is 5.32 Å². The smallest absolute Gasteiger partial charge is 0.247 e. The molecule has 0 bridgehead atoms. The zero-order valence-corrected chi connectivity index (χ0v) is 17.1. The first kappa shape index (κ1) is 20.3. The van der Waals surface area contributed by atoms with Gasteiger partial charge in [0.15, 0.2) is 0 Å². The number of hydrogen-bond acceptors (Lipinski definition) is 4. The van der Waals surface area contributed by atoms with Gasteiger partial charge in [0.25, 0.3) is 0 Å². The van der Waals surface area contributed by atoms with Crippen LogP contribution in [0, 0.1) is 13.8 Å². The Morgan fingerprint density at radius 2 is 2.14 bits per heavy atom. The zero-order valence-electron chi connectivity index (χ0n) is 16.3. The molecule has 2 heterocycles. The lowest BCUT2D eigenvalue weighted by Crippen LogP contribution is -2.41. The van der Waals surface area contributed by atoms with Crippen LogP contribution in [-0.4, -0.2) is 42.5 Å². The second-order valence-electron chi connectivity index (χ2n) is 7.00. The lowest BCUT2D eigenvalue weighted by Gasteiger charge is -2.24. The molecular weight excluding hydrogens is 372 g/mol. The second-order valence-corrected chi connectivity index (χ2v) is 7.98. The molecule has 0 radical (unpaired) electrons. The Morgan fingerprint density at radius 3 is 2.86 bits per heavy atom. The van der Waals surface area contributed by atoms with E-state index < -0.39 is 0 Å². The van der Waals surface area contributed by atoms with Gasteiger partial charge in [-0.1, -0.05) is 18.2 Å². The first-order valence-electron chi connectivity index (χ1n) is 9.51. The number of benzene rings is 1. The summed E-state index contributed by atoms with van der Waals surface area (Å²) in [6.45, 7) is 5.12. The molecule has 0 spiro atoms. The maximum Gasteiger partial charge on any atom is 0.247 e. The number of rotatable bonds is 7. The van der Waals surface area contributed by atoms with Crippen LogP contribution in [0.15, 0.2) is 41.8 Å². The van der Waals surface area contributed by atoms with Crippen LogP contribution in [0.5, 0.6) is 0 Å². The van der Waals surface area contributed by atoms with Crippen LogP contribution in [0.2, 0.25) is 0 Å². The SMILES string of the molecule is Cc1cccc(NC(=O)CN(CC2CCCO2)C(=O)/C=C/c2cccs2)c1C. The molecule has 0 saturated carbocycles. The first-order valence-corrected chi connectivity index (χ1v) is 10.4. The summed E-state index contributed by atoms with van der Waals surface area (Å²) in [5.41, 5.74) is 2.93. The van der Waals surface area contributed by atoms with Crippen LogP contribution in [0.25, 0.3) is 6.08 Å². The molecule has 1 fully saturated rings. The molecule has 1 unspecified atom stereocenters. The minimum atomic E-state index is -0.204. The third-order valence-electron chi connectivity index (χ3n) is 4.91. The van der Waals surface area contributed by atoms with Gasteiger partial charge < -0.3 is 15.0 Å². The van der Waals surface area contributed by atoms with Crippen LogP contribution in [0.1, 0.15) is 28.8 Å². The van der Waals surface area contributed by atoms with Gasteiger partial charge in [-0.15, -0.1) is 11.3 Å². The Labute approximate surface area is 170 Å². The first-order chi connectivity index (χ1) is 13.5. The lowest BCUT2D eigenvalue weighted by molar-refractivity contribution is -0.131. The van der Waals surface area contributed by atoms with E-state index in [1.54, 1.807) is 22.3 Å². The van der Waals surface area contributed by atoms with Gasteiger partial charge >= 0.3 is 0 Å². The van der Waals surface area contributed by atoms with E-state index in [4.69, 9.17) is 4.74 Å². The molecule has 2 aromatic rings. The van der Waals surface area contributed by atoms with Crippen molar-refractivity contribution in [3.8, 4) is 0 Å². The van der Waals surface area contributed by atoms with Crippen molar-refractivity contribution >= 4 is 34.9 Å². The number of anilines is 1. The molecule has 3 rings (SSSR count). The van der Waals surface area contributed by atoms with Crippen LogP contribution < -0.4 is 5.32 Å². The number of aryl methyl sites for hydroxylation is 1. The molecule has 1 N–H and O–H groups in total. The van der Waals surface area contributed by atoms with E-state index in [1.165, 1.54) is 6.08 Å². The van der Waals surface area contributed by atoms with E-state index in [9.17, 15) is 9.59 Å². The van der Waals surface area contributed by atoms with Crippen molar-refractivity contribution in [3.05, 3.63) is 57.8 Å². The minimum absolute atomic E-state index is 0.000849. The molecule has 1 atom stereocenters. The third kappa shape index (κ3) is 5.53. The predicted octanol–water partition coefficient (Wildman–Crippen LogP) is 4.02. The molecule has 1 aromatic carbocycles. The van der Waals surface area contributed by atoms with Crippen LogP contribution in [-0.2, 0) is 14.3 Å². The van der Waals surface area contributed by atoms with Crippen LogP contribution in [0.3, 0.4) is 0 Å². The summed E-state index contributed by atoms with van der Waals surface area (Å²) in [6.07, 6.45) is 5.22. The van der Waals surface area contributed by atoms with Crippen molar-refractivity contribution < 1.29 is 14.3 Å². The van der Waals surface area contributed by atoms with E-state index in [0.717, 1.165) is 34.5 Å². The highest BCUT2D eigenvalue weighted by Gasteiger charge is 2.23. The largest absolute Gasteiger partial charge is 0.376 e. The number of amides is 2. The molecular formula is C22H26N2O3S. The Bertz CT molecular complexity index is 839. The molecule has 2 amide bonds. The third-order valence-corrected chi connectivity index (χ3v) is 5.74. The molecule has 1 saturated heterocycles. The van der Waals surface area contributed by atoms with E-state index in [0.29, 0.717) is 13.2 Å². The molecule has 148 valence electrons. The second kappa shape index (κ2) is 9.66. The molecule has 5 nitrogen and oxygen atoms in total. The van der Waals surface area contributed by atoms with Gasteiger partial charge in [0.05, 0.1) is 6.10 Å². The summed E-state index contributed by atoms with van der Waals surface area (Å²) >= 11 is 1.57. The Balaban J connectivity index is 1.67. The van der Waals surface area contributed by atoms with Gasteiger partial charge in [0, 0.05) is 29.8 Å². The number of ether oxygens (including phenoxy) is 1. The maximum absolute atomic E-state index is 12.7. The van der Waals surface area contributed by atoms with Gasteiger partial charge in [0.2, 0.25) is 11.8 Å². The predicted molar refractivity (Wildman–Crippen MR) is 113 cm³/mol. The summed E-state index contributed by atoms with van der Waals surface area (Å²) < 4.78 is 5.67. The Morgan fingerprint density at radius 1 is 1.29 bits per heavy atom. The van der Waals surface area contributed by atoms with Crippen LogP contribution >= 0.6 is 11.3 Å². The highest BCUT2D eigenvalue weighted by molar-refractivity contribution is 7.10. The average molecular weight is 399 g/mol. The van der Waals surface area contributed by atoms with Gasteiger partial charge in [0.1, 0.15) is 6.54 Å². The summed E-state index contributed by atoms with van der Waals surface area (Å²) in [5.74, 6) is -0.385. The van der Waals surface area contributed by atoms with Gasteiger partial charge in [-0.05, 0) is 61.4 Å². The number of nitrogens with one attached hydrogen (secondary N) is 1. The Hall–Kier alpha value is -2.44. The van der Waals surface area contributed by atoms with Gasteiger partial charge in [-0.25, -0.2) is 0 Å². The van der Waals surface area contributed by atoms with Crippen LogP contribution in [0.4, 0.5) is 5.69 Å². The number of hydrogen-bond donors (Lipinski definition) is 1. The number of carbonyl (C=O) groups excluding carboxylic acids is 2. The van der Waals surface area contributed by atoms with Crippen molar-refractivity contribution in [2.45, 2.75) is 32.8 Å². The maximum atomic E-state index is 12.7. The quantitative estimate of drug-likeness (QED) is 0.717. The van der Waals surface area contributed by atoms with Crippen molar-refractivity contribution in [2.75, 3.05) is 25.0 Å². The fraction of sp³-hybridized carbons (Fsp3) is 0.364. The fourth-order valence-corrected chi connectivity index (χ4v) is 3.78. The molecule has 0 aliphatic carbocycles. The molecule has 1 aromatic heterocycles. The summed E-state index contributed by atoms with van der Waals surface area (Å²) in [4.78, 5) is 27.9. The minimum Gasteiger partial charge on any atom is -0.376 e. The highest BCUT2D eigenvalue weighted by atomic mass is 32.1. The van der Waals surface area contributed by atoms with Crippen molar-refractivity contribution in [1.29, 1.82) is 0 Å². The van der Waals surface area contributed by atoms with E-state index in [1.807, 2.05) is 49.6 Å². The van der Waals surface area contributed by atoms with Crippen molar-refractivity contribution in [3.63, 3.8) is 0 Å². The standard InChI is InChI=1S/C22H26N2O3S/c1-16-6-3-9-20(17(16)2)23-21(25)15-24(14-18-7-4-12-27-18)22(26)11-10-19-8-5-13-28-19/h3,5-6,8-11,13,18H,4,7,12,14-15H2,1-2H3,(H,23,25)/b11-10+. The molecule has 6 heteroatoms. The fourth-order valence-electron chi connectivity index (χ4n) is 3.16. The topological polar surface area (TPSA) is 58.6 Å². The van der Waals surface area contributed by atoms with E-state index >= 15 is 0 Å². The lowest BCUT2D eigenvalue weighted by atomic mass is 10.1. The Kier molecular flexibility index (Phi) is 7.01. The molecule has 28 heavy (non-hydrogen) atoms.